The van der Waals surface area contributed by atoms with E-state index in [1.165, 1.54) is 0 Å². The molecule has 0 spiro atoms. The zero-order valence-electron chi connectivity index (χ0n) is 8.76. The fourth-order valence-corrected chi connectivity index (χ4v) is 1.97. The van der Waals surface area contributed by atoms with Crippen LogP contribution in [0, 0.1) is 0 Å². The van der Waals surface area contributed by atoms with E-state index in [0.29, 0.717) is 13.0 Å². The molecule has 0 aliphatic carbocycles. The third-order valence-corrected chi connectivity index (χ3v) is 3.00. The minimum Gasteiger partial charge on any atom is -0.350 e. The number of hydrogen-bond acceptors (Lipinski definition) is 5. The first kappa shape index (κ1) is 11.9. The highest BCUT2D eigenvalue weighted by atomic mass is 35.5. The SMILES string of the molecule is O=C(NCCc1ccccn1)c1nnc(Cl)s1. The van der Waals surface area contributed by atoms with Crippen LogP contribution >= 0.6 is 22.9 Å². The standard InChI is InChI=1S/C10H9ClN4OS/c11-10-15-14-9(17-10)8(16)13-6-4-7-3-1-2-5-12-7/h1-3,5H,4,6H2,(H,13,16). The van der Waals surface area contributed by atoms with Crippen LogP contribution in [0.5, 0.6) is 0 Å². The first-order chi connectivity index (χ1) is 8.25. The Morgan fingerprint density at radius 1 is 1.41 bits per heavy atom. The second kappa shape index (κ2) is 5.70. The lowest BCUT2D eigenvalue weighted by atomic mass is 10.3. The summed E-state index contributed by atoms with van der Waals surface area (Å²) in [5.41, 5.74) is 0.933. The summed E-state index contributed by atoms with van der Waals surface area (Å²) < 4.78 is 0.264. The highest BCUT2D eigenvalue weighted by Crippen LogP contribution is 2.14. The minimum absolute atomic E-state index is 0.259. The monoisotopic (exact) mass is 268 g/mol. The van der Waals surface area contributed by atoms with Crippen molar-refractivity contribution in [3.8, 4) is 0 Å². The lowest BCUT2D eigenvalue weighted by Gasteiger charge is -2.01. The van der Waals surface area contributed by atoms with Gasteiger partial charge in [-0.25, -0.2) is 0 Å². The van der Waals surface area contributed by atoms with Crippen LogP contribution in [0.3, 0.4) is 0 Å². The molecule has 2 heterocycles. The van der Waals surface area contributed by atoms with Crippen LogP contribution in [0.25, 0.3) is 0 Å². The Labute approximate surface area is 107 Å². The highest BCUT2D eigenvalue weighted by molar-refractivity contribution is 7.17. The third kappa shape index (κ3) is 3.47. The van der Waals surface area contributed by atoms with Gasteiger partial charge in [-0.1, -0.05) is 17.4 Å². The normalized spacial score (nSPS) is 10.2. The van der Waals surface area contributed by atoms with E-state index < -0.39 is 0 Å². The molecule has 0 unspecified atom stereocenters. The van der Waals surface area contributed by atoms with Crippen molar-refractivity contribution in [1.82, 2.24) is 20.5 Å². The number of carbonyl (C=O) groups is 1. The number of pyridine rings is 1. The van der Waals surface area contributed by atoms with Crippen LogP contribution in [-0.4, -0.2) is 27.6 Å². The van der Waals surface area contributed by atoms with E-state index in [-0.39, 0.29) is 15.4 Å². The van der Waals surface area contributed by atoms with E-state index in [1.807, 2.05) is 18.2 Å². The topological polar surface area (TPSA) is 67.8 Å². The maximum atomic E-state index is 11.6. The first-order valence-corrected chi connectivity index (χ1v) is 6.12. The number of nitrogens with zero attached hydrogens (tertiary/aromatic N) is 3. The van der Waals surface area contributed by atoms with Crippen LogP contribution < -0.4 is 5.32 Å². The van der Waals surface area contributed by atoms with E-state index in [4.69, 9.17) is 11.6 Å². The van der Waals surface area contributed by atoms with Gasteiger partial charge in [0, 0.05) is 24.9 Å². The van der Waals surface area contributed by atoms with E-state index in [1.54, 1.807) is 6.20 Å². The minimum atomic E-state index is -0.259. The van der Waals surface area contributed by atoms with E-state index in [0.717, 1.165) is 17.0 Å². The van der Waals surface area contributed by atoms with Crippen molar-refractivity contribution in [3.05, 3.63) is 39.6 Å². The molecule has 17 heavy (non-hydrogen) atoms. The quantitative estimate of drug-likeness (QED) is 0.914. The van der Waals surface area contributed by atoms with Gasteiger partial charge in [-0.2, -0.15) is 0 Å². The number of nitrogens with one attached hydrogen (secondary N) is 1. The molecule has 0 aromatic carbocycles. The zero-order valence-corrected chi connectivity index (χ0v) is 10.3. The molecule has 0 fully saturated rings. The van der Waals surface area contributed by atoms with Gasteiger partial charge in [-0.3, -0.25) is 9.78 Å². The summed E-state index contributed by atoms with van der Waals surface area (Å²) in [6.07, 6.45) is 2.40. The molecule has 0 saturated heterocycles. The van der Waals surface area contributed by atoms with Crippen LogP contribution in [0.15, 0.2) is 24.4 Å². The summed E-state index contributed by atoms with van der Waals surface area (Å²) in [6, 6.07) is 5.67. The summed E-state index contributed by atoms with van der Waals surface area (Å²) in [5.74, 6) is -0.259. The molecule has 0 atom stereocenters. The zero-order chi connectivity index (χ0) is 12.1. The number of halogens is 1. The van der Waals surface area contributed by atoms with Crippen molar-refractivity contribution in [2.45, 2.75) is 6.42 Å². The first-order valence-electron chi connectivity index (χ1n) is 4.93. The van der Waals surface area contributed by atoms with E-state index in [9.17, 15) is 4.79 Å². The lowest BCUT2D eigenvalue weighted by Crippen LogP contribution is -2.25. The van der Waals surface area contributed by atoms with Gasteiger partial charge >= 0.3 is 0 Å². The maximum Gasteiger partial charge on any atom is 0.282 e. The summed E-state index contributed by atoms with van der Waals surface area (Å²) in [6.45, 7) is 0.507. The smallest absolute Gasteiger partial charge is 0.282 e. The fraction of sp³-hybridized carbons (Fsp3) is 0.200. The molecule has 0 aliphatic rings. The van der Waals surface area contributed by atoms with Gasteiger partial charge in [0.1, 0.15) is 0 Å². The fourth-order valence-electron chi connectivity index (χ4n) is 1.22. The van der Waals surface area contributed by atoms with Crippen LogP contribution in [0.4, 0.5) is 0 Å². The molecular weight excluding hydrogens is 260 g/mol. The predicted octanol–water partition coefficient (Wildman–Crippen LogP) is 1.56. The Hall–Kier alpha value is -1.53. The average Bonchev–Trinajstić information content (AvgIpc) is 2.77. The molecule has 5 nitrogen and oxygen atoms in total. The van der Waals surface area contributed by atoms with Gasteiger partial charge in [0.2, 0.25) is 9.47 Å². The molecule has 0 aliphatic heterocycles. The number of carbonyl (C=O) groups excluding carboxylic acids is 1. The molecule has 1 N–H and O–H groups in total. The second-order valence-corrected chi connectivity index (χ2v) is 4.75. The maximum absolute atomic E-state index is 11.6. The molecule has 0 bridgehead atoms. The Morgan fingerprint density at radius 3 is 2.94 bits per heavy atom. The van der Waals surface area contributed by atoms with Crippen LogP contribution in [0.2, 0.25) is 4.47 Å². The molecule has 2 rings (SSSR count). The third-order valence-electron chi connectivity index (χ3n) is 1.99. The van der Waals surface area contributed by atoms with Crippen molar-refractivity contribution in [1.29, 1.82) is 0 Å². The number of hydrogen-bond donors (Lipinski definition) is 1. The Morgan fingerprint density at radius 2 is 2.29 bits per heavy atom. The molecule has 0 radical (unpaired) electrons. The van der Waals surface area contributed by atoms with Crippen molar-refractivity contribution < 1.29 is 4.79 Å². The number of amides is 1. The molecule has 2 aromatic heterocycles. The van der Waals surface area contributed by atoms with E-state index in [2.05, 4.69) is 20.5 Å². The van der Waals surface area contributed by atoms with Gasteiger partial charge in [0.15, 0.2) is 0 Å². The predicted molar refractivity (Wildman–Crippen MR) is 65.2 cm³/mol. The molecule has 0 saturated carbocycles. The summed E-state index contributed by atoms with van der Waals surface area (Å²) >= 11 is 6.65. The molecular formula is C10H9ClN4OS. The summed E-state index contributed by atoms with van der Waals surface area (Å²) in [4.78, 5) is 15.7. The number of rotatable bonds is 4. The van der Waals surface area contributed by atoms with E-state index >= 15 is 0 Å². The van der Waals surface area contributed by atoms with Crippen molar-refractivity contribution in [2.24, 2.45) is 0 Å². The molecule has 1 amide bonds. The highest BCUT2D eigenvalue weighted by Gasteiger charge is 2.10. The lowest BCUT2D eigenvalue weighted by molar-refractivity contribution is 0.0953. The van der Waals surface area contributed by atoms with Gasteiger partial charge in [0.05, 0.1) is 0 Å². The molecule has 88 valence electrons. The van der Waals surface area contributed by atoms with Crippen molar-refractivity contribution in [2.75, 3.05) is 6.54 Å². The second-order valence-electron chi connectivity index (χ2n) is 3.19. The summed E-state index contributed by atoms with van der Waals surface area (Å²) in [5, 5.41) is 10.2. The van der Waals surface area contributed by atoms with Gasteiger partial charge < -0.3 is 5.32 Å². The van der Waals surface area contributed by atoms with Crippen LogP contribution in [0.1, 0.15) is 15.5 Å². The Bertz CT molecular complexity index is 502. The Kier molecular flexibility index (Phi) is 4.00. The molecule has 2 aromatic rings. The van der Waals surface area contributed by atoms with Gasteiger partial charge in [-0.15, -0.1) is 10.2 Å². The van der Waals surface area contributed by atoms with Crippen LogP contribution in [-0.2, 0) is 6.42 Å². The van der Waals surface area contributed by atoms with Gasteiger partial charge in [-0.05, 0) is 23.7 Å². The van der Waals surface area contributed by atoms with Gasteiger partial charge in [0.25, 0.3) is 5.91 Å². The summed E-state index contributed by atoms with van der Waals surface area (Å²) in [7, 11) is 0. The molecule has 7 heteroatoms. The van der Waals surface area contributed by atoms with Crippen molar-refractivity contribution >= 4 is 28.8 Å². The van der Waals surface area contributed by atoms with Crippen molar-refractivity contribution in [3.63, 3.8) is 0 Å². The average molecular weight is 269 g/mol. The Balaban J connectivity index is 1.81. The number of aromatic nitrogens is 3. The largest absolute Gasteiger partial charge is 0.350 e.